The first-order chi connectivity index (χ1) is 12.2. The fraction of sp³-hybridized carbons (Fsp3) is 0.474. The van der Waals surface area contributed by atoms with Crippen LogP contribution in [0.15, 0.2) is 36.4 Å². The van der Waals surface area contributed by atoms with E-state index in [1.165, 1.54) is 0 Å². The molecule has 6 heteroatoms. The van der Waals surface area contributed by atoms with E-state index in [2.05, 4.69) is 22.8 Å². The Morgan fingerprint density at radius 1 is 1.20 bits per heavy atom. The summed E-state index contributed by atoms with van der Waals surface area (Å²) < 4.78 is 5.58. The van der Waals surface area contributed by atoms with E-state index in [9.17, 15) is 9.59 Å². The molecule has 0 spiro atoms. The molecule has 6 nitrogen and oxygen atoms in total. The van der Waals surface area contributed by atoms with Crippen molar-refractivity contribution >= 4 is 17.6 Å². The number of amides is 3. The summed E-state index contributed by atoms with van der Waals surface area (Å²) in [5, 5.41) is 5.79. The SMILES string of the molecule is O=C(Nc1cccc(OCC(=O)N2CCCC2)c1)N[C@H]1CC=CCC1. The zero-order chi connectivity index (χ0) is 17.5. The molecular weight excluding hydrogens is 318 g/mol. The third-order valence-corrected chi connectivity index (χ3v) is 4.52. The number of urea groups is 1. The topological polar surface area (TPSA) is 70.7 Å². The van der Waals surface area contributed by atoms with E-state index in [0.717, 1.165) is 45.2 Å². The van der Waals surface area contributed by atoms with Crippen LogP contribution in [0.4, 0.5) is 10.5 Å². The molecule has 1 heterocycles. The second kappa shape index (κ2) is 8.55. The van der Waals surface area contributed by atoms with Crippen LogP contribution in [-0.2, 0) is 4.79 Å². The molecule has 0 saturated carbocycles. The van der Waals surface area contributed by atoms with Crippen LogP contribution in [-0.4, -0.2) is 42.6 Å². The molecule has 0 bridgehead atoms. The van der Waals surface area contributed by atoms with Gasteiger partial charge in [-0.05, 0) is 44.2 Å². The highest BCUT2D eigenvalue weighted by Gasteiger charge is 2.18. The van der Waals surface area contributed by atoms with Gasteiger partial charge in [0, 0.05) is 30.9 Å². The summed E-state index contributed by atoms with van der Waals surface area (Å²) >= 11 is 0. The van der Waals surface area contributed by atoms with E-state index in [4.69, 9.17) is 4.74 Å². The number of nitrogens with zero attached hydrogens (tertiary/aromatic N) is 1. The number of carbonyl (C=O) groups excluding carboxylic acids is 2. The summed E-state index contributed by atoms with van der Waals surface area (Å²) in [6, 6.07) is 7.08. The van der Waals surface area contributed by atoms with Crippen LogP contribution < -0.4 is 15.4 Å². The summed E-state index contributed by atoms with van der Waals surface area (Å²) in [4.78, 5) is 25.9. The lowest BCUT2D eigenvalue weighted by atomic mass is 10.0. The third-order valence-electron chi connectivity index (χ3n) is 4.52. The largest absolute Gasteiger partial charge is 0.484 e. The first kappa shape index (κ1) is 17.3. The molecule has 134 valence electrons. The Hall–Kier alpha value is -2.50. The van der Waals surface area contributed by atoms with Gasteiger partial charge in [-0.15, -0.1) is 0 Å². The molecule has 0 unspecified atom stereocenters. The van der Waals surface area contributed by atoms with Crippen molar-refractivity contribution in [1.82, 2.24) is 10.2 Å². The van der Waals surface area contributed by atoms with Gasteiger partial charge in [-0.2, -0.15) is 0 Å². The molecule has 3 amide bonds. The van der Waals surface area contributed by atoms with Crippen LogP contribution >= 0.6 is 0 Å². The number of hydrogen-bond acceptors (Lipinski definition) is 3. The lowest BCUT2D eigenvalue weighted by Gasteiger charge is -2.19. The van der Waals surface area contributed by atoms with Crippen molar-refractivity contribution in [3.05, 3.63) is 36.4 Å². The minimum atomic E-state index is -0.217. The average molecular weight is 343 g/mol. The van der Waals surface area contributed by atoms with E-state index >= 15 is 0 Å². The maximum atomic E-state index is 12.1. The van der Waals surface area contributed by atoms with Gasteiger partial charge in [-0.25, -0.2) is 4.79 Å². The van der Waals surface area contributed by atoms with Gasteiger partial charge in [0.25, 0.3) is 5.91 Å². The first-order valence-corrected chi connectivity index (χ1v) is 8.94. The molecule has 25 heavy (non-hydrogen) atoms. The van der Waals surface area contributed by atoms with Crippen molar-refractivity contribution in [2.75, 3.05) is 25.0 Å². The van der Waals surface area contributed by atoms with Gasteiger partial charge in [0.05, 0.1) is 0 Å². The minimum absolute atomic E-state index is 0.0129. The van der Waals surface area contributed by atoms with Crippen molar-refractivity contribution in [2.24, 2.45) is 0 Å². The fourth-order valence-electron chi connectivity index (χ4n) is 3.14. The quantitative estimate of drug-likeness (QED) is 0.808. The molecule has 1 aliphatic carbocycles. The van der Waals surface area contributed by atoms with Crippen molar-refractivity contribution < 1.29 is 14.3 Å². The highest BCUT2D eigenvalue weighted by atomic mass is 16.5. The van der Waals surface area contributed by atoms with E-state index < -0.39 is 0 Å². The number of nitrogens with one attached hydrogen (secondary N) is 2. The molecule has 0 radical (unpaired) electrons. The standard InChI is InChI=1S/C19H25N3O3/c23-18(22-11-4-5-12-22)14-25-17-10-6-9-16(13-17)21-19(24)20-15-7-2-1-3-8-15/h1-2,6,9-10,13,15H,3-5,7-8,11-12,14H2,(H2,20,21,24)/t15-/m0/s1. The smallest absolute Gasteiger partial charge is 0.319 e. The number of rotatable bonds is 5. The zero-order valence-corrected chi connectivity index (χ0v) is 14.4. The van der Waals surface area contributed by atoms with Crippen LogP contribution in [0.2, 0.25) is 0 Å². The molecule has 1 aromatic rings. The number of likely N-dealkylation sites (tertiary alicyclic amines) is 1. The lowest BCUT2D eigenvalue weighted by molar-refractivity contribution is -0.132. The lowest BCUT2D eigenvalue weighted by Crippen LogP contribution is -2.38. The van der Waals surface area contributed by atoms with E-state index in [1.807, 2.05) is 4.90 Å². The van der Waals surface area contributed by atoms with Crippen molar-refractivity contribution in [3.63, 3.8) is 0 Å². The van der Waals surface area contributed by atoms with Gasteiger partial charge in [0.2, 0.25) is 0 Å². The monoisotopic (exact) mass is 343 g/mol. The summed E-state index contributed by atoms with van der Waals surface area (Å²) in [6.45, 7) is 1.67. The van der Waals surface area contributed by atoms with Crippen molar-refractivity contribution in [3.8, 4) is 5.75 Å². The summed E-state index contributed by atoms with van der Waals surface area (Å²) in [5.74, 6) is 0.588. The molecule has 0 aromatic heterocycles. The fourth-order valence-corrected chi connectivity index (χ4v) is 3.14. The first-order valence-electron chi connectivity index (χ1n) is 8.94. The number of allylic oxidation sites excluding steroid dienone is 1. The van der Waals surface area contributed by atoms with E-state index in [1.54, 1.807) is 24.3 Å². The molecule has 1 fully saturated rings. The van der Waals surface area contributed by atoms with Crippen LogP contribution in [0.25, 0.3) is 0 Å². The molecule has 1 aliphatic heterocycles. The minimum Gasteiger partial charge on any atom is -0.484 e. The van der Waals surface area contributed by atoms with E-state index in [0.29, 0.717) is 11.4 Å². The molecule has 1 aromatic carbocycles. The van der Waals surface area contributed by atoms with Crippen molar-refractivity contribution in [1.29, 1.82) is 0 Å². The normalized spacial score (nSPS) is 19.5. The molecule has 1 atom stereocenters. The van der Waals surface area contributed by atoms with Gasteiger partial charge < -0.3 is 20.3 Å². The van der Waals surface area contributed by atoms with Gasteiger partial charge in [0.1, 0.15) is 5.75 Å². The summed E-state index contributed by atoms with van der Waals surface area (Å²) in [6.07, 6.45) is 9.20. The molecule has 3 rings (SSSR count). The van der Waals surface area contributed by atoms with Crippen molar-refractivity contribution in [2.45, 2.75) is 38.1 Å². The van der Waals surface area contributed by atoms with Gasteiger partial charge >= 0.3 is 6.03 Å². The van der Waals surface area contributed by atoms with Gasteiger partial charge in [0.15, 0.2) is 6.61 Å². The number of ether oxygens (including phenoxy) is 1. The number of carbonyl (C=O) groups is 2. The number of anilines is 1. The number of hydrogen-bond donors (Lipinski definition) is 2. The van der Waals surface area contributed by atoms with Crippen LogP contribution in [0.5, 0.6) is 5.75 Å². The Morgan fingerprint density at radius 3 is 2.80 bits per heavy atom. The van der Waals surface area contributed by atoms with Gasteiger partial charge in [-0.1, -0.05) is 18.2 Å². The average Bonchev–Trinajstić information content (AvgIpc) is 3.15. The summed E-state index contributed by atoms with van der Waals surface area (Å²) in [5.41, 5.74) is 0.648. The van der Waals surface area contributed by atoms with Crippen LogP contribution in [0, 0.1) is 0 Å². The summed E-state index contributed by atoms with van der Waals surface area (Å²) in [7, 11) is 0. The maximum Gasteiger partial charge on any atom is 0.319 e. The Kier molecular flexibility index (Phi) is 5.93. The van der Waals surface area contributed by atoms with Crippen LogP contribution in [0.1, 0.15) is 32.1 Å². The third kappa shape index (κ3) is 5.24. The second-order valence-corrected chi connectivity index (χ2v) is 6.48. The predicted octanol–water partition coefficient (Wildman–Crippen LogP) is 2.92. The second-order valence-electron chi connectivity index (χ2n) is 6.48. The maximum absolute atomic E-state index is 12.1. The predicted molar refractivity (Wildman–Crippen MR) is 96.7 cm³/mol. The molecular formula is C19H25N3O3. The van der Waals surface area contributed by atoms with Crippen LogP contribution in [0.3, 0.4) is 0 Å². The zero-order valence-electron chi connectivity index (χ0n) is 14.4. The highest BCUT2D eigenvalue weighted by Crippen LogP contribution is 2.18. The number of benzene rings is 1. The Balaban J connectivity index is 1.47. The highest BCUT2D eigenvalue weighted by molar-refractivity contribution is 5.89. The van der Waals surface area contributed by atoms with Gasteiger partial charge in [-0.3, -0.25) is 4.79 Å². The Bertz CT molecular complexity index is 639. The Labute approximate surface area is 148 Å². The van der Waals surface area contributed by atoms with E-state index in [-0.39, 0.29) is 24.6 Å². The molecule has 2 aliphatic rings. The molecule has 1 saturated heterocycles. The Morgan fingerprint density at radius 2 is 2.04 bits per heavy atom. The molecule has 2 N–H and O–H groups in total.